The number of benzene rings is 1. The van der Waals surface area contributed by atoms with Crippen LogP contribution in [0, 0.1) is 0 Å². The topological polar surface area (TPSA) is 99.6 Å². The van der Waals surface area contributed by atoms with Crippen molar-refractivity contribution in [3.63, 3.8) is 0 Å². The third kappa shape index (κ3) is 1.71. The van der Waals surface area contributed by atoms with Crippen LogP contribution >= 0.6 is 11.3 Å². The number of hydrazine groups is 1. The molecule has 6 nitrogen and oxygen atoms in total. The molecule has 0 amide bonds. The van der Waals surface area contributed by atoms with Crippen molar-refractivity contribution < 1.29 is 0 Å². The summed E-state index contributed by atoms with van der Waals surface area (Å²) in [5.41, 5.74) is 5.60. The van der Waals surface area contributed by atoms with Crippen LogP contribution in [-0.2, 0) is 0 Å². The van der Waals surface area contributed by atoms with E-state index in [0.29, 0.717) is 5.13 Å². The number of nitrogens with two attached hydrogens (primary N) is 1. The minimum atomic E-state index is -0.209. The minimum absolute atomic E-state index is 0.209. The van der Waals surface area contributed by atoms with E-state index in [-0.39, 0.29) is 5.69 Å². The standard InChI is InChI=1S/C10H9N5OS/c11-15-10-14-8(4-17-10)5-1-2-6-7(3-5)13-9(16)12-6/h1-4H,11H2,(H,14,15)(H2,12,13,16). The fraction of sp³-hybridized carbons (Fsp3) is 0. The fourth-order valence-electron chi connectivity index (χ4n) is 1.66. The van der Waals surface area contributed by atoms with Gasteiger partial charge in [0.15, 0.2) is 5.13 Å². The highest BCUT2D eigenvalue weighted by atomic mass is 32.1. The van der Waals surface area contributed by atoms with Gasteiger partial charge < -0.3 is 9.97 Å². The van der Waals surface area contributed by atoms with Gasteiger partial charge in [0.05, 0.1) is 16.7 Å². The number of hydrogen-bond acceptors (Lipinski definition) is 5. The van der Waals surface area contributed by atoms with Gasteiger partial charge in [-0.05, 0) is 12.1 Å². The molecule has 0 spiro atoms. The molecule has 0 saturated carbocycles. The van der Waals surface area contributed by atoms with Crippen molar-refractivity contribution in [2.24, 2.45) is 5.84 Å². The average molecular weight is 247 g/mol. The molecule has 0 radical (unpaired) electrons. The summed E-state index contributed by atoms with van der Waals surface area (Å²) < 4.78 is 0. The first-order valence-electron chi connectivity index (χ1n) is 4.91. The highest BCUT2D eigenvalue weighted by molar-refractivity contribution is 7.14. The summed E-state index contributed by atoms with van der Waals surface area (Å²) in [6, 6.07) is 5.63. The summed E-state index contributed by atoms with van der Waals surface area (Å²) in [7, 11) is 0. The van der Waals surface area contributed by atoms with Crippen molar-refractivity contribution in [2.75, 3.05) is 5.43 Å². The lowest BCUT2D eigenvalue weighted by Gasteiger charge is -1.96. The largest absolute Gasteiger partial charge is 0.323 e. The zero-order valence-electron chi connectivity index (χ0n) is 8.65. The van der Waals surface area contributed by atoms with Crippen LogP contribution in [0.25, 0.3) is 22.3 Å². The van der Waals surface area contributed by atoms with E-state index in [1.54, 1.807) is 0 Å². The van der Waals surface area contributed by atoms with Crippen LogP contribution < -0.4 is 17.0 Å². The van der Waals surface area contributed by atoms with Gasteiger partial charge in [0.1, 0.15) is 0 Å². The van der Waals surface area contributed by atoms with Crippen LogP contribution in [0.2, 0.25) is 0 Å². The molecule has 1 aromatic carbocycles. The molecular formula is C10H9N5OS. The molecule has 0 bridgehead atoms. The summed E-state index contributed by atoms with van der Waals surface area (Å²) in [4.78, 5) is 20.8. The summed E-state index contributed by atoms with van der Waals surface area (Å²) >= 11 is 1.43. The third-order valence-electron chi connectivity index (χ3n) is 2.44. The first kappa shape index (κ1) is 10.1. The quantitative estimate of drug-likeness (QED) is 0.404. The molecular weight excluding hydrogens is 238 g/mol. The van der Waals surface area contributed by atoms with E-state index >= 15 is 0 Å². The van der Waals surface area contributed by atoms with E-state index in [4.69, 9.17) is 5.84 Å². The predicted octanol–water partition coefficient (Wildman–Crippen LogP) is 1.27. The van der Waals surface area contributed by atoms with E-state index in [1.165, 1.54) is 11.3 Å². The fourth-order valence-corrected chi connectivity index (χ4v) is 2.30. The molecule has 17 heavy (non-hydrogen) atoms. The number of nitrogens with one attached hydrogen (secondary N) is 3. The van der Waals surface area contributed by atoms with Gasteiger partial charge >= 0.3 is 5.69 Å². The maximum Gasteiger partial charge on any atom is 0.323 e. The molecule has 0 unspecified atom stereocenters. The molecule has 0 aliphatic carbocycles. The summed E-state index contributed by atoms with van der Waals surface area (Å²) in [6.07, 6.45) is 0. The van der Waals surface area contributed by atoms with Crippen molar-refractivity contribution in [2.45, 2.75) is 0 Å². The average Bonchev–Trinajstić information content (AvgIpc) is 2.92. The Balaban J connectivity index is 2.13. The normalized spacial score (nSPS) is 10.9. The Hall–Kier alpha value is -2.12. The van der Waals surface area contributed by atoms with E-state index in [0.717, 1.165) is 22.3 Å². The number of rotatable bonds is 2. The number of anilines is 1. The Morgan fingerprint density at radius 1 is 1.29 bits per heavy atom. The van der Waals surface area contributed by atoms with Gasteiger partial charge in [-0.1, -0.05) is 6.07 Å². The lowest BCUT2D eigenvalue weighted by molar-refractivity contribution is 1.21. The predicted molar refractivity (Wildman–Crippen MR) is 67.8 cm³/mol. The number of hydrogen-bond donors (Lipinski definition) is 4. The Bertz CT molecular complexity index is 725. The molecule has 3 rings (SSSR count). The number of fused-ring (bicyclic) bond motifs is 1. The van der Waals surface area contributed by atoms with Crippen LogP contribution in [-0.4, -0.2) is 15.0 Å². The highest BCUT2D eigenvalue weighted by Gasteiger charge is 2.05. The second kappa shape index (κ2) is 3.72. The second-order valence-corrected chi connectivity index (χ2v) is 4.38. The SMILES string of the molecule is NNc1nc(-c2ccc3[nH]c(=O)[nH]c3c2)cs1. The molecule has 0 aliphatic heterocycles. The van der Waals surface area contributed by atoms with E-state index in [9.17, 15) is 4.79 Å². The Morgan fingerprint density at radius 3 is 2.88 bits per heavy atom. The van der Waals surface area contributed by atoms with Gasteiger partial charge in [0.2, 0.25) is 0 Å². The van der Waals surface area contributed by atoms with Gasteiger partial charge in [-0.3, -0.25) is 5.43 Å². The molecule has 3 aromatic rings. The van der Waals surface area contributed by atoms with Gasteiger partial charge in [-0.15, -0.1) is 11.3 Å². The zero-order chi connectivity index (χ0) is 11.8. The molecule has 0 fully saturated rings. The number of nitrogen functional groups attached to an aromatic ring is 1. The molecule has 2 aromatic heterocycles. The molecule has 0 aliphatic rings. The Labute approximate surface area is 99.5 Å². The lowest BCUT2D eigenvalue weighted by atomic mass is 10.1. The molecule has 2 heterocycles. The van der Waals surface area contributed by atoms with E-state index in [1.807, 2.05) is 23.6 Å². The lowest BCUT2D eigenvalue weighted by Crippen LogP contribution is -2.05. The van der Waals surface area contributed by atoms with Gasteiger partial charge in [-0.25, -0.2) is 15.6 Å². The number of aromatic amines is 2. The van der Waals surface area contributed by atoms with Crippen molar-refractivity contribution in [3.8, 4) is 11.3 Å². The molecule has 5 N–H and O–H groups in total. The molecule has 7 heteroatoms. The van der Waals surface area contributed by atoms with Crippen LogP contribution in [0.1, 0.15) is 0 Å². The minimum Gasteiger partial charge on any atom is -0.306 e. The second-order valence-electron chi connectivity index (χ2n) is 3.52. The smallest absolute Gasteiger partial charge is 0.306 e. The zero-order valence-corrected chi connectivity index (χ0v) is 9.47. The number of nitrogens with zero attached hydrogens (tertiary/aromatic N) is 1. The first-order chi connectivity index (χ1) is 8.26. The van der Waals surface area contributed by atoms with Crippen molar-refractivity contribution in [1.29, 1.82) is 0 Å². The molecule has 86 valence electrons. The highest BCUT2D eigenvalue weighted by Crippen LogP contribution is 2.25. The van der Waals surface area contributed by atoms with E-state index in [2.05, 4.69) is 20.4 Å². The number of H-pyrrole nitrogens is 2. The molecule has 0 saturated heterocycles. The van der Waals surface area contributed by atoms with Gasteiger partial charge in [-0.2, -0.15) is 0 Å². The van der Waals surface area contributed by atoms with Crippen molar-refractivity contribution in [3.05, 3.63) is 34.1 Å². The van der Waals surface area contributed by atoms with E-state index < -0.39 is 0 Å². The van der Waals surface area contributed by atoms with Crippen LogP contribution in [0.15, 0.2) is 28.4 Å². The number of thiazole rings is 1. The summed E-state index contributed by atoms with van der Waals surface area (Å²) in [6.45, 7) is 0. The number of aromatic nitrogens is 3. The van der Waals surface area contributed by atoms with Crippen LogP contribution in [0.3, 0.4) is 0 Å². The maximum atomic E-state index is 11.1. The van der Waals surface area contributed by atoms with Crippen LogP contribution in [0.5, 0.6) is 0 Å². The third-order valence-corrected chi connectivity index (χ3v) is 3.21. The monoisotopic (exact) mass is 247 g/mol. The van der Waals surface area contributed by atoms with Crippen LogP contribution in [0.4, 0.5) is 5.13 Å². The summed E-state index contributed by atoms with van der Waals surface area (Å²) in [5.74, 6) is 5.28. The van der Waals surface area contributed by atoms with Crippen molar-refractivity contribution in [1.82, 2.24) is 15.0 Å². The Morgan fingerprint density at radius 2 is 2.12 bits per heavy atom. The Kier molecular flexibility index (Phi) is 2.20. The van der Waals surface area contributed by atoms with Gasteiger partial charge in [0.25, 0.3) is 0 Å². The van der Waals surface area contributed by atoms with Gasteiger partial charge in [0, 0.05) is 10.9 Å². The maximum absolute atomic E-state index is 11.1. The summed E-state index contributed by atoms with van der Waals surface area (Å²) in [5, 5.41) is 2.56. The molecule has 0 atom stereocenters. The first-order valence-corrected chi connectivity index (χ1v) is 5.79. The van der Waals surface area contributed by atoms with Crippen molar-refractivity contribution >= 4 is 27.5 Å². The number of imidazole rings is 1.